The quantitative estimate of drug-likeness (QED) is 0.720. The maximum atomic E-state index is 12.4. The minimum absolute atomic E-state index is 0.228. The van der Waals surface area contributed by atoms with Crippen LogP contribution in [0.1, 0.15) is 26.3 Å². The molecular weight excluding hydrogens is 350 g/mol. The largest absolute Gasteiger partial charge is 0.348 e. The fourth-order valence-electron chi connectivity index (χ4n) is 2.40. The SMILES string of the molecule is O=C(NCc1ccccc1NC(=O)c1cccc(Cl)c1)c1cccnc1. The molecular formula is C20H16ClN3O2. The Labute approximate surface area is 156 Å². The number of benzene rings is 2. The van der Waals surface area contributed by atoms with Crippen molar-refractivity contribution in [2.75, 3.05) is 5.32 Å². The van der Waals surface area contributed by atoms with E-state index < -0.39 is 0 Å². The highest BCUT2D eigenvalue weighted by Crippen LogP contribution is 2.18. The molecule has 2 N–H and O–H groups in total. The highest BCUT2D eigenvalue weighted by atomic mass is 35.5. The topological polar surface area (TPSA) is 71.1 Å². The van der Waals surface area contributed by atoms with Gasteiger partial charge in [0, 0.05) is 35.2 Å². The van der Waals surface area contributed by atoms with Gasteiger partial charge in [0.25, 0.3) is 11.8 Å². The molecule has 0 aliphatic carbocycles. The van der Waals surface area contributed by atoms with Crippen molar-refractivity contribution in [3.63, 3.8) is 0 Å². The third kappa shape index (κ3) is 4.46. The lowest BCUT2D eigenvalue weighted by Crippen LogP contribution is -2.24. The molecule has 0 aliphatic rings. The van der Waals surface area contributed by atoms with E-state index in [1.807, 2.05) is 18.2 Å². The summed E-state index contributed by atoms with van der Waals surface area (Å²) in [7, 11) is 0. The monoisotopic (exact) mass is 365 g/mol. The number of carbonyl (C=O) groups is 2. The van der Waals surface area contributed by atoms with Gasteiger partial charge in [-0.3, -0.25) is 14.6 Å². The fraction of sp³-hybridized carbons (Fsp3) is 0.0500. The van der Waals surface area contributed by atoms with Crippen molar-refractivity contribution in [1.82, 2.24) is 10.3 Å². The molecule has 0 spiro atoms. The summed E-state index contributed by atoms with van der Waals surface area (Å²) in [6.45, 7) is 0.278. The zero-order valence-corrected chi connectivity index (χ0v) is 14.5. The second-order valence-electron chi connectivity index (χ2n) is 5.55. The van der Waals surface area contributed by atoms with Gasteiger partial charge in [-0.1, -0.05) is 35.9 Å². The van der Waals surface area contributed by atoms with Crippen LogP contribution in [0.4, 0.5) is 5.69 Å². The Morgan fingerprint density at radius 1 is 0.923 bits per heavy atom. The summed E-state index contributed by atoms with van der Waals surface area (Å²) in [5.41, 5.74) is 2.36. The maximum absolute atomic E-state index is 12.4. The average Bonchev–Trinajstić information content (AvgIpc) is 2.67. The third-order valence-corrected chi connectivity index (χ3v) is 3.95. The first-order valence-corrected chi connectivity index (χ1v) is 8.34. The summed E-state index contributed by atoms with van der Waals surface area (Å²) >= 11 is 5.93. The number of amides is 2. The van der Waals surface area contributed by atoms with Crippen molar-refractivity contribution in [2.45, 2.75) is 6.54 Å². The molecule has 0 aliphatic heterocycles. The van der Waals surface area contributed by atoms with E-state index >= 15 is 0 Å². The Kier molecular flexibility index (Phi) is 5.61. The van der Waals surface area contributed by atoms with Crippen LogP contribution < -0.4 is 10.6 Å². The molecule has 2 amide bonds. The van der Waals surface area contributed by atoms with E-state index in [0.717, 1.165) is 5.56 Å². The number of nitrogens with zero attached hydrogens (tertiary/aromatic N) is 1. The highest BCUT2D eigenvalue weighted by Gasteiger charge is 2.11. The summed E-state index contributed by atoms with van der Waals surface area (Å²) < 4.78 is 0. The molecule has 5 nitrogen and oxygen atoms in total. The van der Waals surface area contributed by atoms with E-state index in [-0.39, 0.29) is 18.4 Å². The molecule has 0 saturated heterocycles. The van der Waals surface area contributed by atoms with Gasteiger partial charge in [-0.25, -0.2) is 0 Å². The first kappa shape index (κ1) is 17.6. The first-order chi connectivity index (χ1) is 12.6. The smallest absolute Gasteiger partial charge is 0.255 e. The second-order valence-corrected chi connectivity index (χ2v) is 5.98. The summed E-state index contributed by atoms with van der Waals surface area (Å²) in [6, 6.07) is 17.4. The Morgan fingerprint density at radius 3 is 2.50 bits per heavy atom. The van der Waals surface area contributed by atoms with E-state index in [4.69, 9.17) is 11.6 Å². The van der Waals surface area contributed by atoms with Crippen molar-refractivity contribution < 1.29 is 9.59 Å². The van der Waals surface area contributed by atoms with Crippen LogP contribution in [0, 0.1) is 0 Å². The van der Waals surface area contributed by atoms with E-state index in [2.05, 4.69) is 15.6 Å². The molecule has 0 atom stereocenters. The Hall–Kier alpha value is -3.18. The minimum atomic E-state index is -0.265. The number of pyridine rings is 1. The zero-order chi connectivity index (χ0) is 18.4. The fourth-order valence-corrected chi connectivity index (χ4v) is 2.59. The van der Waals surface area contributed by atoms with Gasteiger partial charge in [0.1, 0.15) is 0 Å². The van der Waals surface area contributed by atoms with Crippen molar-refractivity contribution in [3.05, 3.63) is 94.8 Å². The number of hydrogen-bond donors (Lipinski definition) is 2. The molecule has 0 radical (unpaired) electrons. The van der Waals surface area contributed by atoms with Gasteiger partial charge in [-0.2, -0.15) is 0 Å². The molecule has 0 unspecified atom stereocenters. The number of para-hydroxylation sites is 1. The lowest BCUT2D eigenvalue weighted by Gasteiger charge is -2.12. The van der Waals surface area contributed by atoms with Crippen molar-refractivity contribution in [1.29, 1.82) is 0 Å². The molecule has 26 heavy (non-hydrogen) atoms. The van der Waals surface area contributed by atoms with Crippen LogP contribution in [0.2, 0.25) is 5.02 Å². The van der Waals surface area contributed by atoms with Crippen LogP contribution in [0.5, 0.6) is 0 Å². The number of carbonyl (C=O) groups excluding carboxylic acids is 2. The third-order valence-electron chi connectivity index (χ3n) is 3.72. The lowest BCUT2D eigenvalue weighted by molar-refractivity contribution is 0.0950. The van der Waals surface area contributed by atoms with Crippen molar-refractivity contribution in [3.8, 4) is 0 Å². The number of aromatic nitrogens is 1. The molecule has 6 heteroatoms. The van der Waals surface area contributed by atoms with Gasteiger partial charge in [0.2, 0.25) is 0 Å². The van der Waals surface area contributed by atoms with Crippen LogP contribution >= 0.6 is 11.6 Å². The van der Waals surface area contributed by atoms with Gasteiger partial charge >= 0.3 is 0 Å². The lowest BCUT2D eigenvalue weighted by atomic mass is 10.1. The number of hydrogen-bond acceptors (Lipinski definition) is 3. The summed E-state index contributed by atoms with van der Waals surface area (Å²) in [5, 5.41) is 6.18. The standard InChI is InChI=1S/C20H16ClN3O2/c21-17-8-3-6-14(11-17)20(26)24-18-9-2-1-5-15(18)13-23-19(25)16-7-4-10-22-12-16/h1-12H,13H2,(H,23,25)(H,24,26). The summed E-state index contributed by atoms with van der Waals surface area (Å²) in [5.74, 6) is -0.493. The van der Waals surface area contributed by atoms with Crippen LogP contribution in [0.25, 0.3) is 0 Å². The molecule has 0 saturated carbocycles. The number of halogens is 1. The van der Waals surface area contributed by atoms with E-state index in [1.165, 1.54) is 6.20 Å². The second kappa shape index (κ2) is 8.27. The predicted molar refractivity (Wildman–Crippen MR) is 101 cm³/mol. The Balaban J connectivity index is 1.70. The maximum Gasteiger partial charge on any atom is 0.255 e. The number of nitrogens with one attached hydrogen (secondary N) is 2. The molecule has 2 aromatic carbocycles. The molecule has 0 fully saturated rings. The predicted octanol–water partition coefficient (Wildman–Crippen LogP) is 3.92. The van der Waals surface area contributed by atoms with Crippen LogP contribution in [-0.2, 0) is 6.54 Å². The molecule has 130 valence electrons. The Bertz CT molecular complexity index is 929. The van der Waals surface area contributed by atoms with Crippen LogP contribution in [0.3, 0.4) is 0 Å². The molecule has 3 aromatic rings. The summed E-state index contributed by atoms with van der Waals surface area (Å²) in [6.07, 6.45) is 3.11. The average molecular weight is 366 g/mol. The molecule has 1 heterocycles. The molecule has 0 bridgehead atoms. The van der Waals surface area contributed by atoms with E-state index in [1.54, 1.807) is 48.7 Å². The normalized spacial score (nSPS) is 10.2. The minimum Gasteiger partial charge on any atom is -0.348 e. The van der Waals surface area contributed by atoms with Gasteiger partial charge in [0.05, 0.1) is 5.56 Å². The zero-order valence-electron chi connectivity index (χ0n) is 13.8. The number of rotatable bonds is 5. The number of anilines is 1. The van der Waals surface area contributed by atoms with E-state index in [0.29, 0.717) is 21.8 Å². The van der Waals surface area contributed by atoms with Crippen LogP contribution in [-0.4, -0.2) is 16.8 Å². The van der Waals surface area contributed by atoms with Crippen molar-refractivity contribution >= 4 is 29.1 Å². The molecule has 1 aromatic heterocycles. The van der Waals surface area contributed by atoms with Crippen molar-refractivity contribution in [2.24, 2.45) is 0 Å². The first-order valence-electron chi connectivity index (χ1n) is 7.96. The highest BCUT2D eigenvalue weighted by molar-refractivity contribution is 6.31. The summed E-state index contributed by atoms with van der Waals surface area (Å²) in [4.78, 5) is 28.5. The van der Waals surface area contributed by atoms with Gasteiger partial charge in [-0.05, 0) is 42.0 Å². The van der Waals surface area contributed by atoms with E-state index in [9.17, 15) is 9.59 Å². The van der Waals surface area contributed by atoms with Crippen LogP contribution in [0.15, 0.2) is 73.1 Å². The molecule has 3 rings (SSSR count). The van der Waals surface area contributed by atoms with Gasteiger partial charge in [0.15, 0.2) is 0 Å². The van der Waals surface area contributed by atoms with Gasteiger partial charge in [-0.15, -0.1) is 0 Å². The Morgan fingerprint density at radius 2 is 1.73 bits per heavy atom. The van der Waals surface area contributed by atoms with Gasteiger partial charge < -0.3 is 10.6 Å².